The lowest BCUT2D eigenvalue weighted by molar-refractivity contribution is 0.119. The maximum absolute atomic E-state index is 5.64. The van der Waals surface area contributed by atoms with Crippen molar-refractivity contribution in [1.82, 2.24) is 0 Å². The highest BCUT2D eigenvalue weighted by Gasteiger charge is 2.04. The summed E-state index contributed by atoms with van der Waals surface area (Å²) in [6.45, 7) is 5.97. The van der Waals surface area contributed by atoms with E-state index in [0.717, 1.165) is 18.8 Å². The van der Waals surface area contributed by atoms with E-state index < -0.39 is 0 Å². The SMILES string of the molecule is CCCCCCN(OCC)c1ccccc1. The molecule has 0 saturated heterocycles. The van der Waals surface area contributed by atoms with Crippen LogP contribution in [0.3, 0.4) is 0 Å². The summed E-state index contributed by atoms with van der Waals surface area (Å²) in [5.41, 5.74) is 1.15. The van der Waals surface area contributed by atoms with Crippen molar-refractivity contribution in [3.05, 3.63) is 30.3 Å². The van der Waals surface area contributed by atoms with Crippen molar-refractivity contribution in [3.8, 4) is 0 Å². The van der Waals surface area contributed by atoms with E-state index in [4.69, 9.17) is 4.84 Å². The van der Waals surface area contributed by atoms with Crippen molar-refractivity contribution in [3.63, 3.8) is 0 Å². The lowest BCUT2D eigenvalue weighted by Gasteiger charge is -2.23. The molecule has 1 rings (SSSR count). The molecule has 0 saturated carbocycles. The monoisotopic (exact) mass is 221 g/mol. The number of hydroxylamine groups is 1. The molecule has 0 bridgehead atoms. The molecule has 1 aromatic rings. The number of unbranched alkanes of at least 4 members (excludes halogenated alkanes) is 3. The highest BCUT2D eigenvalue weighted by atomic mass is 16.7. The summed E-state index contributed by atoms with van der Waals surface area (Å²) in [4.78, 5) is 5.64. The Morgan fingerprint density at radius 2 is 1.75 bits per heavy atom. The Labute approximate surface area is 99.2 Å². The molecule has 2 nitrogen and oxygen atoms in total. The molecule has 0 aromatic heterocycles. The molecule has 0 spiro atoms. The van der Waals surface area contributed by atoms with Crippen LogP contribution in [-0.2, 0) is 4.84 Å². The molecule has 0 aliphatic carbocycles. The van der Waals surface area contributed by atoms with Crippen molar-refractivity contribution in [2.75, 3.05) is 18.2 Å². The van der Waals surface area contributed by atoms with Crippen LogP contribution < -0.4 is 5.06 Å². The number of hydrogen-bond acceptors (Lipinski definition) is 2. The van der Waals surface area contributed by atoms with Gasteiger partial charge >= 0.3 is 0 Å². The highest BCUT2D eigenvalue weighted by Crippen LogP contribution is 2.14. The molecule has 16 heavy (non-hydrogen) atoms. The number of nitrogens with zero attached hydrogens (tertiary/aromatic N) is 1. The normalized spacial score (nSPS) is 10.4. The molecule has 1 aromatic carbocycles. The van der Waals surface area contributed by atoms with E-state index in [2.05, 4.69) is 19.1 Å². The second-order valence-corrected chi connectivity index (χ2v) is 3.92. The predicted octanol–water partition coefficient (Wildman–Crippen LogP) is 4.02. The van der Waals surface area contributed by atoms with E-state index in [9.17, 15) is 0 Å². The van der Waals surface area contributed by atoms with Gasteiger partial charge in [-0.1, -0.05) is 44.4 Å². The minimum absolute atomic E-state index is 0.725. The molecule has 0 amide bonds. The van der Waals surface area contributed by atoms with Gasteiger partial charge in [-0.15, -0.1) is 0 Å². The summed E-state index contributed by atoms with van der Waals surface area (Å²) in [6.07, 6.45) is 5.07. The first-order valence-electron chi connectivity index (χ1n) is 6.34. The molecule has 0 atom stereocenters. The Kier molecular flexibility index (Phi) is 6.66. The Hall–Kier alpha value is -1.02. The number of para-hydroxylation sites is 1. The lowest BCUT2D eigenvalue weighted by atomic mass is 10.2. The summed E-state index contributed by atoms with van der Waals surface area (Å²) in [5, 5.41) is 2.01. The van der Waals surface area contributed by atoms with Crippen molar-refractivity contribution >= 4 is 5.69 Å². The summed E-state index contributed by atoms with van der Waals surface area (Å²) in [7, 11) is 0. The largest absolute Gasteiger partial charge is 0.274 e. The molecule has 0 heterocycles. The van der Waals surface area contributed by atoms with Gasteiger partial charge in [0.15, 0.2) is 0 Å². The van der Waals surface area contributed by atoms with E-state index in [0.29, 0.717) is 0 Å². The fourth-order valence-electron chi connectivity index (χ4n) is 1.70. The third-order valence-corrected chi connectivity index (χ3v) is 2.54. The van der Waals surface area contributed by atoms with Gasteiger partial charge in [-0.25, -0.2) is 0 Å². The van der Waals surface area contributed by atoms with Gasteiger partial charge in [-0.2, -0.15) is 0 Å². The Balaban J connectivity index is 2.41. The van der Waals surface area contributed by atoms with Gasteiger partial charge in [0.2, 0.25) is 0 Å². The average Bonchev–Trinajstić information content (AvgIpc) is 2.34. The van der Waals surface area contributed by atoms with Gasteiger partial charge in [0.1, 0.15) is 0 Å². The fraction of sp³-hybridized carbons (Fsp3) is 0.571. The van der Waals surface area contributed by atoms with Gasteiger partial charge < -0.3 is 0 Å². The summed E-state index contributed by atoms with van der Waals surface area (Å²) in [6, 6.07) is 10.3. The molecular formula is C14H23NO. The zero-order valence-corrected chi connectivity index (χ0v) is 10.5. The number of hydrogen-bond donors (Lipinski definition) is 0. The maximum atomic E-state index is 5.64. The maximum Gasteiger partial charge on any atom is 0.0720 e. The van der Waals surface area contributed by atoms with Crippen molar-refractivity contribution in [2.45, 2.75) is 39.5 Å². The van der Waals surface area contributed by atoms with E-state index in [1.807, 2.05) is 30.2 Å². The predicted molar refractivity (Wildman–Crippen MR) is 69.6 cm³/mol. The average molecular weight is 221 g/mol. The van der Waals surface area contributed by atoms with Crippen LogP contribution in [-0.4, -0.2) is 13.2 Å². The zero-order valence-electron chi connectivity index (χ0n) is 10.5. The van der Waals surface area contributed by atoms with E-state index in [1.165, 1.54) is 25.7 Å². The molecule has 0 aliphatic heterocycles. The molecular weight excluding hydrogens is 198 g/mol. The van der Waals surface area contributed by atoms with Crippen LogP contribution in [0.4, 0.5) is 5.69 Å². The van der Waals surface area contributed by atoms with Crippen molar-refractivity contribution in [1.29, 1.82) is 0 Å². The Morgan fingerprint density at radius 1 is 1.00 bits per heavy atom. The van der Waals surface area contributed by atoms with Gasteiger partial charge in [0, 0.05) is 6.54 Å². The minimum atomic E-state index is 0.725. The van der Waals surface area contributed by atoms with Crippen LogP contribution >= 0.6 is 0 Å². The summed E-state index contributed by atoms with van der Waals surface area (Å²) in [5.74, 6) is 0. The van der Waals surface area contributed by atoms with Crippen LogP contribution in [0.15, 0.2) is 30.3 Å². The topological polar surface area (TPSA) is 12.5 Å². The molecule has 0 N–H and O–H groups in total. The van der Waals surface area contributed by atoms with E-state index >= 15 is 0 Å². The Bertz CT molecular complexity index is 261. The minimum Gasteiger partial charge on any atom is -0.274 e. The van der Waals surface area contributed by atoms with Crippen LogP contribution in [0, 0.1) is 0 Å². The van der Waals surface area contributed by atoms with E-state index in [1.54, 1.807) is 0 Å². The molecule has 0 aliphatic rings. The standard InChI is InChI=1S/C14H23NO/c1-3-5-6-10-13-15(16-4-2)14-11-8-7-9-12-14/h7-9,11-12H,3-6,10,13H2,1-2H3. The van der Waals surface area contributed by atoms with Gasteiger partial charge in [-0.3, -0.25) is 9.90 Å². The first-order chi connectivity index (χ1) is 7.88. The smallest absolute Gasteiger partial charge is 0.0720 e. The molecule has 90 valence electrons. The quantitative estimate of drug-likeness (QED) is 0.485. The number of anilines is 1. The molecule has 0 radical (unpaired) electrons. The zero-order chi connectivity index (χ0) is 11.6. The summed E-state index contributed by atoms with van der Waals surface area (Å²) >= 11 is 0. The molecule has 0 unspecified atom stereocenters. The van der Waals surface area contributed by atoms with Crippen LogP contribution in [0.1, 0.15) is 39.5 Å². The van der Waals surface area contributed by atoms with E-state index in [-0.39, 0.29) is 0 Å². The third-order valence-electron chi connectivity index (χ3n) is 2.54. The first-order valence-corrected chi connectivity index (χ1v) is 6.34. The van der Waals surface area contributed by atoms with Crippen molar-refractivity contribution < 1.29 is 4.84 Å². The van der Waals surface area contributed by atoms with Gasteiger partial charge in [-0.05, 0) is 25.5 Å². The molecule has 2 heteroatoms. The van der Waals surface area contributed by atoms with Gasteiger partial charge in [0.25, 0.3) is 0 Å². The Morgan fingerprint density at radius 3 is 2.38 bits per heavy atom. The first kappa shape index (κ1) is 13.0. The third kappa shape index (κ3) is 4.67. The van der Waals surface area contributed by atoms with Crippen LogP contribution in [0.2, 0.25) is 0 Å². The van der Waals surface area contributed by atoms with Crippen LogP contribution in [0.25, 0.3) is 0 Å². The number of rotatable bonds is 8. The highest BCUT2D eigenvalue weighted by molar-refractivity contribution is 5.43. The summed E-state index contributed by atoms with van der Waals surface area (Å²) < 4.78 is 0. The lowest BCUT2D eigenvalue weighted by Crippen LogP contribution is -2.24. The van der Waals surface area contributed by atoms with Crippen molar-refractivity contribution in [2.24, 2.45) is 0 Å². The molecule has 0 fully saturated rings. The fourth-order valence-corrected chi connectivity index (χ4v) is 1.70. The number of benzene rings is 1. The van der Waals surface area contributed by atoms with Crippen LogP contribution in [0.5, 0.6) is 0 Å². The second kappa shape index (κ2) is 8.17. The van der Waals surface area contributed by atoms with Gasteiger partial charge in [0.05, 0.1) is 12.3 Å². The second-order valence-electron chi connectivity index (χ2n) is 3.92.